The van der Waals surface area contributed by atoms with Crippen LogP contribution in [0, 0.1) is 5.92 Å². The molecule has 0 aliphatic heterocycles. The Morgan fingerprint density at radius 3 is 2.47 bits per heavy atom. The molecule has 0 saturated carbocycles. The van der Waals surface area contributed by atoms with Gasteiger partial charge >= 0.3 is 0 Å². The summed E-state index contributed by atoms with van der Waals surface area (Å²) < 4.78 is 26.6. The van der Waals surface area contributed by atoms with E-state index in [1.807, 2.05) is 0 Å². The van der Waals surface area contributed by atoms with E-state index in [1.165, 1.54) is 12.4 Å². The second-order valence-electron chi connectivity index (χ2n) is 4.46. The zero-order chi connectivity index (χ0) is 14.3. The number of nitrogens with one attached hydrogen (secondary N) is 1. The van der Waals surface area contributed by atoms with Crippen LogP contribution in [0.15, 0.2) is 17.3 Å². The van der Waals surface area contributed by atoms with Gasteiger partial charge in [0.25, 0.3) is 0 Å². The van der Waals surface area contributed by atoms with E-state index in [0.29, 0.717) is 12.5 Å². The molecule has 0 amide bonds. The van der Waals surface area contributed by atoms with Gasteiger partial charge in [-0.2, -0.15) is 0 Å². The first-order valence-electron chi connectivity index (χ1n) is 6.46. The van der Waals surface area contributed by atoms with Gasteiger partial charge in [0.05, 0.1) is 12.4 Å². The molecule has 0 saturated heterocycles. The Bertz CT molecular complexity index is 476. The summed E-state index contributed by atoms with van der Waals surface area (Å²) in [5.41, 5.74) is 0. The van der Waals surface area contributed by atoms with Crippen molar-refractivity contribution in [1.29, 1.82) is 0 Å². The third-order valence-corrected chi connectivity index (χ3v) is 4.59. The van der Waals surface area contributed by atoms with Crippen LogP contribution in [0.3, 0.4) is 0 Å². The molecule has 0 radical (unpaired) electrons. The fourth-order valence-electron chi connectivity index (χ4n) is 1.69. The van der Waals surface area contributed by atoms with E-state index in [1.54, 1.807) is 0 Å². The molecule has 19 heavy (non-hydrogen) atoms. The normalized spacial score (nSPS) is 13.4. The summed E-state index contributed by atoms with van der Waals surface area (Å²) in [5.74, 6) is 0.364. The zero-order valence-electron chi connectivity index (χ0n) is 11.3. The maximum atomic E-state index is 12.0. The first-order chi connectivity index (χ1) is 8.99. The van der Waals surface area contributed by atoms with E-state index in [4.69, 9.17) is 11.6 Å². The number of unbranched alkanes of at least 4 members (excludes halogenated alkanes) is 1. The average Bonchev–Trinajstić information content (AvgIpc) is 2.39. The Kier molecular flexibility index (Phi) is 6.68. The largest absolute Gasteiger partial charge is 0.243 e. The molecule has 1 N–H and O–H groups in total. The minimum Gasteiger partial charge on any atom is -0.225 e. The van der Waals surface area contributed by atoms with Crippen molar-refractivity contribution in [2.24, 2.45) is 5.92 Å². The minimum atomic E-state index is -3.54. The van der Waals surface area contributed by atoms with Gasteiger partial charge in [0.1, 0.15) is 4.90 Å². The van der Waals surface area contributed by atoms with Crippen molar-refractivity contribution in [3.05, 3.63) is 17.7 Å². The molecule has 0 aliphatic rings. The van der Waals surface area contributed by atoms with Gasteiger partial charge in [-0.1, -0.05) is 33.1 Å². The van der Waals surface area contributed by atoms with Gasteiger partial charge in [-0.15, -0.1) is 0 Å². The van der Waals surface area contributed by atoms with Gasteiger partial charge in [0.15, 0.2) is 0 Å². The average molecular weight is 306 g/mol. The van der Waals surface area contributed by atoms with Crippen LogP contribution < -0.4 is 4.72 Å². The predicted molar refractivity (Wildman–Crippen MR) is 75.5 cm³/mol. The molecule has 1 heterocycles. The molecule has 0 bridgehead atoms. The second-order valence-corrected chi connectivity index (χ2v) is 6.56. The predicted octanol–water partition coefficient (Wildman–Crippen LogP) is 2.62. The van der Waals surface area contributed by atoms with Crippen molar-refractivity contribution in [3.8, 4) is 0 Å². The number of rotatable bonds is 8. The second kappa shape index (κ2) is 7.77. The maximum Gasteiger partial charge on any atom is 0.243 e. The van der Waals surface area contributed by atoms with Crippen molar-refractivity contribution in [1.82, 2.24) is 14.7 Å². The number of nitrogens with zero attached hydrogens (tertiary/aromatic N) is 2. The molecule has 1 unspecified atom stereocenters. The van der Waals surface area contributed by atoms with E-state index >= 15 is 0 Å². The highest BCUT2D eigenvalue weighted by molar-refractivity contribution is 7.89. The molecule has 1 aromatic rings. The molecule has 7 heteroatoms. The number of hydrogen-bond donors (Lipinski definition) is 1. The topological polar surface area (TPSA) is 72.0 Å². The number of aromatic nitrogens is 2. The highest BCUT2D eigenvalue weighted by Crippen LogP contribution is 2.13. The number of hydrogen-bond acceptors (Lipinski definition) is 4. The van der Waals surface area contributed by atoms with E-state index in [0.717, 1.165) is 25.7 Å². The summed E-state index contributed by atoms with van der Waals surface area (Å²) in [5, 5.41) is 0.0355. The van der Waals surface area contributed by atoms with Crippen molar-refractivity contribution in [2.75, 3.05) is 6.54 Å². The summed E-state index contributed by atoms with van der Waals surface area (Å²) in [6, 6.07) is 0. The summed E-state index contributed by atoms with van der Waals surface area (Å²) in [7, 11) is -3.54. The number of sulfonamides is 1. The van der Waals surface area contributed by atoms with Crippen LogP contribution in [0.25, 0.3) is 0 Å². The lowest BCUT2D eigenvalue weighted by Gasteiger charge is -2.15. The van der Waals surface area contributed by atoms with Crippen LogP contribution in [0.2, 0.25) is 5.28 Å². The molecule has 0 aromatic carbocycles. The zero-order valence-corrected chi connectivity index (χ0v) is 12.8. The van der Waals surface area contributed by atoms with Gasteiger partial charge in [-0.25, -0.2) is 23.1 Å². The van der Waals surface area contributed by atoms with Gasteiger partial charge < -0.3 is 0 Å². The van der Waals surface area contributed by atoms with E-state index in [2.05, 4.69) is 28.5 Å². The first kappa shape index (κ1) is 16.3. The standard InChI is InChI=1S/C12H20ClN3O2S/c1-3-5-6-10(4-2)7-16-19(17,18)11-8-14-12(13)15-9-11/h8-10,16H,3-7H2,1-2H3. The maximum absolute atomic E-state index is 12.0. The Labute approximate surface area is 119 Å². The molecular weight excluding hydrogens is 286 g/mol. The Morgan fingerprint density at radius 2 is 1.95 bits per heavy atom. The number of halogens is 1. The molecule has 0 aliphatic carbocycles. The van der Waals surface area contributed by atoms with E-state index in [9.17, 15) is 8.42 Å². The van der Waals surface area contributed by atoms with Gasteiger partial charge in [0, 0.05) is 6.54 Å². The summed E-state index contributed by atoms with van der Waals surface area (Å²) in [4.78, 5) is 7.40. The molecule has 1 atom stereocenters. The van der Waals surface area contributed by atoms with Gasteiger partial charge in [-0.3, -0.25) is 0 Å². The van der Waals surface area contributed by atoms with E-state index < -0.39 is 10.0 Å². The highest BCUT2D eigenvalue weighted by Gasteiger charge is 2.17. The smallest absolute Gasteiger partial charge is 0.225 e. The summed E-state index contributed by atoms with van der Waals surface area (Å²) >= 11 is 5.53. The molecule has 5 nitrogen and oxygen atoms in total. The molecule has 1 rings (SSSR count). The van der Waals surface area contributed by atoms with Crippen molar-refractivity contribution in [2.45, 2.75) is 44.4 Å². The third-order valence-electron chi connectivity index (χ3n) is 3.01. The Morgan fingerprint density at radius 1 is 1.32 bits per heavy atom. The van der Waals surface area contributed by atoms with Crippen LogP contribution >= 0.6 is 11.6 Å². The summed E-state index contributed by atoms with van der Waals surface area (Å²) in [6.07, 6.45) is 6.65. The van der Waals surface area contributed by atoms with E-state index in [-0.39, 0.29) is 10.2 Å². The molecular formula is C12H20ClN3O2S. The Balaban J connectivity index is 2.61. The van der Waals surface area contributed by atoms with Crippen LogP contribution in [0.4, 0.5) is 0 Å². The lowest BCUT2D eigenvalue weighted by molar-refractivity contribution is 0.443. The lowest BCUT2D eigenvalue weighted by atomic mass is 10.00. The van der Waals surface area contributed by atoms with Gasteiger partial charge in [0.2, 0.25) is 15.3 Å². The van der Waals surface area contributed by atoms with Crippen molar-refractivity contribution in [3.63, 3.8) is 0 Å². The van der Waals surface area contributed by atoms with Crippen molar-refractivity contribution >= 4 is 21.6 Å². The fraction of sp³-hybridized carbons (Fsp3) is 0.667. The molecule has 0 spiro atoms. The highest BCUT2D eigenvalue weighted by atomic mass is 35.5. The van der Waals surface area contributed by atoms with Crippen molar-refractivity contribution < 1.29 is 8.42 Å². The SMILES string of the molecule is CCCCC(CC)CNS(=O)(=O)c1cnc(Cl)nc1. The lowest BCUT2D eigenvalue weighted by Crippen LogP contribution is -2.29. The van der Waals surface area contributed by atoms with Crippen LogP contribution in [-0.2, 0) is 10.0 Å². The third kappa shape index (κ3) is 5.42. The molecule has 1 aromatic heterocycles. The minimum absolute atomic E-state index is 0.0355. The summed E-state index contributed by atoms with van der Waals surface area (Å²) in [6.45, 7) is 4.64. The van der Waals surface area contributed by atoms with Crippen LogP contribution in [0.5, 0.6) is 0 Å². The van der Waals surface area contributed by atoms with Gasteiger partial charge in [-0.05, 0) is 23.9 Å². The quantitative estimate of drug-likeness (QED) is 0.749. The molecule has 108 valence electrons. The monoisotopic (exact) mass is 305 g/mol. The first-order valence-corrected chi connectivity index (χ1v) is 8.33. The fourth-order valence-corrected chi connectivity index (χ4v) is 2.80. The van der Waals surface area contributed by atoms with Crippen LogP contribution in [-0.4, -0.2) is 24.9 Å². The Hall–Kier alpha value is -0.720. The van der Waals surface area contributed by atoms with Crippen LogP contribution in [0.1, 0.15) is 39.5 Å². The molecule has 0 fully saturated rings.